The van der Waals surface area contributed by atoms with Crippen molar-refractivity contribution in [1.29, 1.82) is 0 Å². The average Bonchev–Trinajstić information content (AvgIpc) is 2.17. The van der Waals surface area contributed by atoms with Crippen LogP contribution in [-0.4, -0.2) is 6.54 Å². The predicted octanol–water partition coefficient (Wildman–Crippen LogP) is 2.61. The molecule has 1 aromatic rings. The van der Waals surface area contributed by atoms with Crippen LogP contribution < -0.4 is 5.73 Å². The van der Waals surface area contributed by atoms with Gasteiger partial charge in [0.2, 0.25) is 0 Å². The van der Waals surface area contributed by atoms with Crippen molar-refractivity contribution in [3.8, 4) is 0 Å². The molecule has 0 aromatic heterocycles. The van der Waals surface area contributed by atoms with Gasteiger partial charge in [0.05, 0.1) is 0 Å². The van der Waals surface area contributed by atoms with Crippen LogP contribution in [0.5, 0.6) is 0 Å². The van der Waals surface area contributed by atoms with Crippen LogP contribution in [0.1, 0.15) is 19.4 Å². The van der Waals surface area contributed by atoms with Crippen molar-refractivity contribution in [3.63, 3.8) is 0 Å². The van der Waals surface area contributed by atoms with Gasteiger partial charge in [-0.15, -0.1) is 0 Å². The van der Waals surface area contributed by atoms with Crippen molar-refractivity contribution < 1.29 is 8.78 Å². The largest absolute Gasteiger partial charge is 0.330 e. The van der Waals surface area contributed by atoms with Crippen LogP contribution in [0.3, 0.4) is 0 Å². The molecule has 0 saturated carbocycles. The highest BCUT2D eigenvalue weighted by molar-refractivity contribution is 5.23. The molecule has 1 nitrogen and oxygen atoms in total. The Hall–Kier alpha value is -0.960. The van der Waals surface area contributed by atoms with Gasteiger partial charge < -0.3 is 5.73 Å². The zero-order valence-corrected chi connectivity index (χ0v) is 8.43. The van der Waals surface area contributed by atoms with Crippen molar-refractivity contribution in [2.75, 3.05) is 6.54 Å². The minimum Gasteiger partial charge on any atom is -0.330 e. The van der Waals surface area contributed by atoms with Crippen LogP contribution in [-0.2, 0) is 5.67 Å². The number of alkyl halides is 1. The normalized spacial score (nSPS) is 17.5. The molecule has 1 aromatic carbocycles. The summed E-state index contributed by atoms with van der Waals surface area (Å²) in [4.78, 5) is 0. The van der Waals surface area contributed by atoms with Gasteiger partial charge in [0.25, 0.3) is 0 Å². The van der Waals surface area contributed by atoms with E-state index in [0.29, 0.717) is 5.56 Å². The van der Waals surface area contributed by atoms with Gasteiger partial charge in [-0.3, -0.25) is 0 Å². The molecule has 0 fully saturated rings. The van der Waals surface area contributed by atoms with Gasteiger partial charge in [0.15, 0.2) is 0 Å². The quantitative estimate of drug-likeness (QED) is 0.795. The Morgan fingerprint density at radius 3 is 2.29 bits per heavy atom. The molecule has 2 unspecified atom stereocenters. The fraction of sp³-hybridized carbons (Fsp3) is 0.455. The Kier molecular flexibility index (Phi) is 3.21. The van der Waals surface area contributed by atoms with Gasteiger partial charge >= 0.3 is 0 Å². The molecular weight excluding hydrogens is 184 g/mol. The summed E-state index contributed by atoms with van der Waals surface area (Å²) in [5, 5.41) is 0. The second-order valence-corrected chi connectivity index (χ2v) is 3.72. The maximum atomic E-state index is 14.1. The lowest BCUT2D eigenvalue weighted by Gasteiger charge is -2.27. The van der Waals surface area contributed by atoms with Crippen molar-refractivity contribution in [2.45, 2.75) is 19.5 Å². The summed E-state index contributed by atoms with van der Waals surface area (Å²) in [6, 6.07) is 5.44. The van der Waals surface area contributed by atoms with Crippen LogP contribution in [0.4, 0.5) is 8.78 Å². The van der Waals surface area contributed by atoms with Crippen molar-refractivity contribution in [1.82, 2.24) is 0 Å². The van der Waals surface area contributed by atoms with Crippen LogP contribution in [0, 0.1) is 11.7 Å². The molecule has 0 radical (unpaired) electrons. The topological polar surface area (TPSA) is 26.0 Å². The van der Waals surface area contributed by atoms with Gasteiger partial charge in [-0.2, -0.15) is 0 Å². The molecule has 0 bridgehead atoms. The van der Waals surface area contributed by atoms with Gasteiger partial charge in [-0.1, -0.05) is 19.1 Å². The molecule has 0 aliphatic carbocycles. The number of nitrogens with two attached hydrogens (primary N) is 1. The zero-order valence-electron chi connectivity index (χ0n) is 8.43. The number of halogens is 2. The van der Waals surface area contributed by atoms with Crippen LogP contribution in [0.2, 0.25) is 0 Å². The third kappa shape index (κ3) is 2.10. The standard InChI is InChI=1S/C11H15F2N/c1-8(7-14)11(2,13)9-3-5-10(12)6-4-9/h3-6,8H,7,14H2,1-2H3. The van der Waals surface area contributed by atoms with E-state index in [9.17, 15) is 8.78 Å². The van der Waals surface area contributed by atoms with E-state index in [4.69, 9.17) is 5.73 Å². The zero-order chi connectivity index (χ0) is 10.8. The highest BCUT2D eigenvalue weighted by atomic mass is 19.1. The fourth-order valence-electron chi connectivity index (χ4n) is 1.28. The second-order valence-electron chi connectivity index (χ2n) is 3.72. The smallest absolute Gasteiger partial charge is 0.136 e. The number of hydrogen-bond donors (Lipinski definition) is 1. The van der Waals surface area contributed by atoms with E-state index in [1.54, 1.807) is 6.92 Å². The maximum absolute atomic E-state index is 14.1. The fourth-order valence-corrected chi connectivity index (χ4v) is 1.28. The molecule has 3 heteroatoms. The average molecular weight is 199 g/mol. The van der Waals surface area contributed by atoms with E-state index >= 15 is 0 Å². The molecule has 0 amide bonds. The molecule has 0 aliphatic heterocycles. The van der Waals surface area contributed by atoms with E-state index in [1.165, 1.54) is 31.2 Å². The third-order valence-corrected chi connectivity index (χ3v) is 2.69. The van der Waals surface area contributed by atoms with E-state index in [1.807, 2.05) is 0 Å². The Bertz CT molecular complexity index is 293. The van der Waals surface area contributed by atoms with Crippen LogP contribution >= 0.6 is 0 Å². The van der Waals surface area contributed by atoms with Crippen molar-refractivity contribution in [2.24, 2.45) is 11.7 Å². The third-order valence-electron chi connectivity index (χ3n) is 2.69. The van der Waals surface area contributed by atoms with E-state index < -0.39 is 5.67 Å². The van der Waals surface area contributed by atoms with Crippen LogP contribution in [0.25, 0.3) is 0 Å². The van der Waals surface area contributed by atoms with Crippen molar-refractivity contribution in [3.05, 3.63) is 35.6 Å². The molecule has 14 heavy (non-hydrogen) atoms. The van der Waals surface area contributed by atoms with E-state index in [2.05, 4.69) is 0 Å². The first-order chi connectivity index (χ1) is 6.48. The van der Waals surface area contributed by atoms with Gasteiger partial charge in [0.1, 0.15) is 11.5 Å². The summed E-state index contributed by atoms with van der Waals surface area (Å²) in [5.41, 5.74) is 4.38. The highest BCUT2D eigenvalue weighted by Crippen LogP contribution is 2.32. The van der Waals surface area contributed by atoms with Gasteiger partial charge in [0, 0.05) is 5.92 Å². The number of hydrogen-bond acceptors (Lipinski definition) is 1. The molecule has 0 aliphatic rings. The summed E-state index contributed by atoms with van der Waals surface area (Å²) in [5.74, 6) is -0.641. The molecule has 2 atom stereocenters. The van der Waals surface area contributed by atoms with Gasteiger partial charge in [-0.05, 0) is 31.2 Å². The van der Waals surface area contributed by atoms with Crippen LogP contribution in [0.15, 0.2) is 24.3 Å². The molecule has 1 rings (SSSR count). The first-order valence-corrected chi connectivity index (χ1v) is 4.63. The van der Waals surface area contributed by atoms with E-state index in [-0.39, 0.29) is 18.3 Å². The summed E-state index contributed by atoms with van der Waals surface area (Å²) in [7, 11) is 0. The lowest BCUT2D eigenvalue weighted by molar-refractivity contribution is 0.117. The molecule has 78 valence electrons. The molecule has 0 spiro atoms. The molecular formula is C11H15F2N. The van der Waals surface area contributed by atoms with E-state index in [0.717, 1.165) is 0 Å². The Morgan fingerprint density at radius 2 is 1.86 bits per heavy atom. The lowest BCUT2D eigenvalue weighted by atomic mass is 9.86. The molecule has 2 N–H and O–H groups in total. The SMILES string of the molecule is CC(CN)C(C)(F)c1ccc(F)cc1. The first-order valence-electron chi connectivity index (χ1n) is 4.63. The van der Waals surface area contributed by atoms with Gasteiger partial charge in [-0.25, -0.2) is 8.78 Å². The molecule has 0 saturated heterocycles. The highest BCUT2D eigenvalue weighted by Gasteiger charge is 2.31. The summed E-state index contributed by atoms with van der Waals surface area (Å²) in [6.45, 7) is 3.48. The first kappa shape index (κ1) is 11.1. The monoisotopic (exact) mass is 199 g/mol. The predicted molar refractivity (Wildman–Crippen MR) is 53.1 cm³/mol. The molecule has 0 heterocycles. The maximum Gasteiger partial charge on any atom is 0.136 e. The number of benzene rings is 1. The summed E-state index contributed by atoms with van der Waals surface area (Å²) >= 11 is 0. The second kappa shape index (κ2) is 4.05. The summed E-state index contributed by atoms with van der Waals surface area (Å²) in [6.07, 6.45) is 0. The lowest BCUT2D eigenvalue weighted by Crippen LogP contribution is -2.30. The Balaban J connectivity index is 2.97. The van der Waals surface area contributed by atoms with Crippen molar-refractivity contribution >= 4 is 0 Å². The Labute approximate surface area is 82.9 Å². The minimum atomic E-state index is -1.50. The number of rotatable bonds is 3. The minimum absolute atomic E-state index is 0.268. The summed E-state index contributed by atoms with van der Waals surface area (Å²) < 4.78 is 26.8. The Morgan fingerprint density at radius 1 is 1.36 bits per heavy atom.